The van der Waals surface area contributed by atoms with Gasteiger partial charge in [-0.3, -0.25) is 4.68 Å². The van der Waals surface area contributed by atoms with Crippen LogP contribution in [0.2, 0.25) is 0 Å². The Morgan fingerprint density at radius 1 is 1.33 bits per heavy atom. The van der Waals surface area contributed by atoms with E-state index < -0.39 is 0 Å². The molecule has 1 aliphatic rings. The predicted molar refractivity (Wildman–Crippen MR) is 60.1 cm³/mol. The molecule has 1 saturated carbocycles. The molecule has 0 atom stereocenters. The quantitative estimate of drug-likeness (QED) is 0.770. The molecular weight excluding hydrogens is 188 g/mol. The lowest BCUT2D eigenvalue weighted by Crippen LogP contribution is -2.26. The largest absolute Gasteiger partial charge is 0.504 e. The highest BCUT2D eigenvalue weighted by Gasteiger charge is 2.28. The van der Waals surface area contributed by atoms with E-state index in [-0.39, 0.29) is 5.54 Å². The standard InChI is InChI=1S/C12H20N2O/c1-12(2,3)14-11(10(15)8-13-14)9-6-4-5-7-9/h8-9,15H,4-7H2,1-3H3. The van der Waals surface area contributed by atoms with E-state index in [1.807, 2.05) is 4.68 Å². The molecule has 0 unspecified atom stereocenters. The molecule has 1 heterocycles. The molecule has 15 heavy (non-hydrogen) atoms. The van der Waals surface area contributed by atoms with Crippen LogP contribution < -0.4 is 0 Å². The highest BCUT2D eigenvalue weighted by atomic mass is 16.3. The van der Waals surface area contributed by atoms with Gasteiger partial charge in [0, 0.05) is 5.92 Å². The number of aromatic nitrogens is 2. The third-order valence-corrected chi connectivity index (χ3v) is 3.16. The van der Waals surface area contributed by atoms with Crippen LogP contribution in [0.3, 0.4) is 0 Å². The van der Waals surface area contributed by atoms with Gasteiger partial charge in [-0.15, -0.1) is 0 Å². The lowest BCUT2D eigenvalue weighted by molar-refractivity contribution is 0.330. The van der Waals surface area contributed by atoms with E-state index in [2.05, 4.69) is 25.9 Å². The smallest absolute Gasteiger partial charge is 0.157 e. The number of hydrogen-bond acceptors (Lipinski definition) is 2. The first-order chi connectivity index (χ1) is 7.00. The lowest BCUT2D eigenvalue weighted by Gasteiger charge is -2.24. The zero-order valence-electron chi connectivity index (χ0n) is 9.82. The van der Waals surface area contributed by atoms with Crippen LogP contribution in [-0.2, 0) is 5.54 Å². The van der Waals surface area contributed by atoms with E-state index in [4.69, 9.17) is 0 Å². The van der Waals surface area contributed by atoms with Gasteiger partial charge in [-0.05, 0) is 33.6 Å². The molecule has 0 spiro atoms. The summed E-state index contributed by atoms with van der Waals surface area (Å²) in [5.41, 5.74) is 0.999. The van der Waals surface area contributed by atoms with Gasteiger partial charge in [-0.2, -0.15) is 5.10 Å². The second kappa shape index (κ2) is 3.54. The Hall–Kier alpha value is -0.990. The molecular formula is C12H20N2O. The Morgan fingerprint density at radius 2 is 1.93 bits per heavy atom. The van der Waals surface area contributed by atoms with Crippen molar-refractivity contribution in [1.82, 2.24) is 9.78 Å². The molecule has 1 N–H and O–H groups in total. The maximum atomic E-state index is 9.87. The fourth-order valence-corrected chi connectivity index (χ4v) is 2.47. The van der Waals surface area contributed by atoms with Crippen molar-refractivity contribution in [2.24, 2.45) is 0 Å². The van der Waals surface area contributed by atoms with Gasteiger partial charge in [0.2, 0.25) is 0 Å². The second-order valence-electron chi connectivity index (χ2n) is 5.48. The average molecular weight is 208 g/mol. The van der Waals surface area contributed by atoms with E-state index in [0.29, 0.717) is 11.7 Å². The summed E-state index contributed by atoms with van der Waals surface area (Å²) in [6, 6.07) is 0. The highest BCUT2D eigenvalue weighted by Crippen LogP contribution is 2.39. The molecule has 0 aliphatic heterocycles. The predicted octanol–water partition coefficient (Wildman–Crippen LogP) is 3.00. The van der Waals surface area contributed by atoms with Crippen LogP contribution in [0, 0.1) is 0 Å². The fraction of sp³-hybridized carbons (Fsp3) is 0.750. The molecule has 2 rings (SSSR count). The van der Waals surface area contributed by atoms with Crippen molar-refractivity contribution >= 4 is 0 Å². The van der Waals surface area contributed by atoms with Crippen LogP contribution in [0.1, 0.15) is 58.1 Å². The average Bonchev–Trinajstić information content (AvgIpc) is 2.69. The first-order valence-corrected chi connectivity index (χ1v) is 5.77. The van der Waals surface area contributed by atoms with Crippen molar-refractivity contribution in [3.63, 3.8) is 0 Å². The number of hydrogen-bond donors (Lipinski definition) is 1. The van der Waals surface area contributed by atoms with E-state index in [9.17, 15) is 5.11 Å². The molecule has 1 aromatic heterocycles. The van der Waals surface area contributed by atoms with E-state index in [0.717, 1.165) is 5.69 Å². The van der Waals surface area contributed by atoms with Gasteiger partial charge >= 0.3 is 0 Å². The van der Waals surface area contributed by atoms with E-state index in [1.54, 1.807) is 6.20 Å². The van der Waals surface area contributed by atoms with Crippen LogP contribution in [0.15, 0.2) is 6.20 Å². The summed E-state index contributed by atoms with van der Waals surface area (Å²) < 4.78 is 1.98. The summed E-state index contributed by atoms with van der Waals surface area (Å²) in [7, 11) is 0. The van der Waals surface area contributed by atoms with Gasteiger partial charge in [-0.1, -0.05) is 12.8 Å². The normalized spacial score (nSPS) is 18.6. The third kappa shape index (κ3) is 1.87. The van der Waals surface area contributed by atoms with Gasteiger partial charge < -0.3 is 5.11 Å². The minimum absolute atomic E-state index is 0.0428. The summed E-state index contributed by atoms with van der Waals surface area (Å²) in [5, 5.41) is 14.2. The molecule has 0 radical (unpaired) electrons. The summed E-state index contributed by atoms with van der Waals surface area (Å²) in [4.78, 5) is 0. The van der Waals surface area contributed by atoms with Crippen LogP contribution in [0.25, 0.3) is 0 Å². The minimum atomic E-state index is -0.0428. The van der Waals surface area contributed by atoms with Crippen molar-refractivity contribution in [2.45, 2.75) is 57.9 Å². The lowest BCUT2D eigenvalue weighted by atomic mass is 10.0. The van der Waals surface area contributed by atoms with E-state index in [1.165, 1.54) is 25.7 Å². The second-order valence-corrected chi connectivity index (χ2v) is 5.48. The Balaban J connectivity index is 2.39. The maximum Gasteiger partial charge on any atom is 0.157 e. The minimum Gasteiger partial charge on any atom is -0.504 e. The van der Waals surface area contributed by atoms with Crippen LogP contribution in [0.5, 0.6) is 5.75 Å². The topological polar surface area (TPSA) is 38.0 Å². The molecule has 0 saturated heterocycles. The number of rotatable bonds is 1. The van der Waals surface area contributed by atoms with Gasteiger partial charge in [-0.25, -0.2) is 0 Å². The molecule has 1 fully saturated rings. The summed E-state index contributed by atoms with van der Waals surface area (Å²) >= 11 is 0. The highest BCUT2D eigenvalue weighted by molar-refractivity contribution is 5.28. The van der Waals surface area contributed by atoms with Crippen LogP contribution >= 0.6 is 0 Å². The van der Waals surface area contributed by atoms with Crippen LogP contribution in [0.4, 0.5) is 0 Å². The van der Waals surface area contributed by atoms with Gasteiger partial charge in [0.1, 0.15) is 0 Å². The van der Waals surface area contributed by atoms with Gasteiger partial charge in [0.15, 0.2) is 5.75 Å². The molecule has 1 aromatic rings. The summed E-state index contributed by atoms with van der Waals surface area (Å²) in [6.45, 7) is 6.37. The monoisotopic (exact) mass is 208 g/mol. The summed E-state index contributed by atoms with van der Waals surface area (Å²) in [5.74, 6) is 0.878. The number of aromatic hydroxyl groups is 1. The Morgan fingerprint density at radius 3 is 2.47 bits per heavy atom. The van der Waals surface area contributed by atoms with E-state index >= 15 is 0 Å². The molecule has 1 aliphatic carbocycles. The third-order valence-electron chi connectivity index (χ3n) is 3.16. The molecule has 0 aromatic carbocycles. The molecule has 0 bridgehead atoms. The molecule has 84 valence electrons. The van der Waals surface area contributed by atoms with Gasteiger partial charge in [0.05, 0.1) is 17.4 Å². The van der Waals surface area contributed by atoms with Crippen molar-refractivity contribution in [3.05, 3.63) is 11.9 Å². The Labute approximate surface area is 91.1 Å². The van der Waals surface area contributed by atoms with Gasteiger partial charge in [0.25, 0.3) is 0 Å². The summed E-state index contributed by atoms with van der Waals surface area (Å²) in [6.07, 6.45) is 6.52. The molecule has 3 nitrogen and oxygen atoms in total. The zero-order chi connectivity index (χ0) is 11.1. The number of nitrogens with zero attached hydrogens (tertiary/aromatic N) is 2. The Bertz CT molecular complexity index is 343. The fourth-order valence-electron chi connectivity index (χ4n) is 2.47. The first-order valence-electron chi connectivity index (χ1n) is 5.77. The zero-order valence-corrected chi connectivity index (χ0v) is 9.82. The van der Waals surface area contributed by atoms with Crippen molar-refractivity contribution in [3.8, 4) is 5.75 Å². The van der Waals surface area contributed by atoms with Crippen LogP contribution in [-0.4, -0.2) is 14.9 Å². The molecule has 3 heteroatoms. The maximum absolute atomic E-state index is 9.87. The molecule has 0 amide bonds. The van der Waals surface area contributed by atoms with Crippen molar-refractivity contribution < 1.29 is 5.11 Å². The first kappa shape index (κ1) is 10.5. The van der Waals surface area contributed by atoms with Crippen molar-refractivity contribution in [1.29, 1.82) is 0 Å². The Kier molecular flexibility index (Phi) is 2.49. The van der Waals surface area contributed by atoms with Crippen molar-refractivity contribution in [2.75, 3.05) is 0 Å². The SMILES string of the molecule is CC(C)(C)n1ncc(O)c1C1CCCC1.